The highest BCUT2D eigenvalue weighted by Gasteiger charge is 2.29. The lowest BCUT2D eigenvalue weighted by atomic mass is 9.99. The molecule has 1 nitrogen and oxygen atoms in total. The molecule has 0 spiro atoms. The molecular weight excluding hydrogens is 217 g/mol. The first-order chi connectivity index (χ1) is 7.45. The fourth-order valence-corrected chi connectivity index (χ4v) is 1.35. The highest BCUT2D eigenvalue weighted by Crippen LogP contribution is 2.30. The lowest BCUT2D eigenvalue weighted by Crippen LogP contribution is -2.04. The Bertz CT molecular complexity index is 352. The van der Waals surface area contributed by atoms with Crippen molar-refractivity contribution in [3.05, 3.63) is 47.5 Å². The summed E-state index contributed by atoms with van der Waals surface area (Å²) in [7, 11) is 0. The lowest BCUT2D eigenvalue weighted by Gasteiger charge is -2.10. The Hall–Kier alpha value is -1.29. The summed E-state index contributed by atoms with van der Waals surface area (Å²) >= 11 is 0. The molecular formula is C12H13F3O. The number of allylic oxidation sites excluding steroid dienone is 1. The molecule has 4 heteroatoms. The van der Waals surface area contributed by atoms with Crippen molar-refractivity contribution in [2.45, 2.75) is 19.0 Å². The molecule has 1 aromatic rings. The van der Waals surface area contributed by atoms with Crippen molar-refractivity contribution in [3.8, 4) is 0 Å². The van der Waals surface area contributed by atoms with Gasteiger partial charge in [-0.3, -0.25) is 0 Å². The maximum Gasteiger partial charge on any atom is 0.416 e. The zero-order valence-electron chi connectivity index (χ0n) is 8.83. The van der Waals surface area contributed by atoms with Crippen molar-refractivity contribution in [1.29, 1.82) is 0 Å². The highest BCUT2D eigenvalue weighted by molar-refractivity contribution is 5.28. The molecule has 0 aliphatic rings. The molecule has 0 bridgehead atoms. The number of alkyl halides is 3. The van der Waals surface area contributed by atoms with E-state index >= 15 is 0 Å². The van der Waals surface area contributed by atoms with Crippen molar-refractivity contribution < 1.29 is 18.3 Å². The second-order valence-electron chi connectivity index (χ2n) is 3.52. The molecule has 16 heavy (non-hydrogen) atoms. The van der Waals surface area contributed by atoms with Crippen LogP contribution in [0.25, 0.3) is 0 Å². The number of hydrogen-bond donors (Lipinski definition) is 1. The van der Waals surface area contributed by atoms with Crippen LogP contribution in [0, 0.1) is 0 Å². The fourth-order valence-electron chi connectivity index (χ4n) is 1.35. The number of halogens is 3. The van der Waals surface area contributed by atoms with E-state index in [0.717, 1.165) is 17.7 Å². The minimum absolute atomic E-state index is 0.00515. The minimum atomic E-state index is -4.29. The Morgan fingerprint density at radius 3 is 2.25 bits per heavy atom. The normalized spacial score (nSPS) is 14.3. The Labute approximate surface area is 92.2 Å². The Morgan fingerprint density at radius 2 is 1.81 bits per heavy atom. The van der Waals surface area contributed by atoms with Crippen LogP contribution in [0.3, 0.4) is 0 Å². The van der Waals surface area contributed by atoms with E-state index in [1.807, 2.05) is 6.92 Å². The van der Waals surface area contributed by atoms with Crippen molar-refractivity contribution in [2.75, 3.05) is 6.61 Å². The first kappa shape index (κ1) is 12.8. The van der Waals surface area contributed by atoms with E-state index < -0.39 is 11.7 Å². The van der Waals surface area contributed by atoms with Gasteiger partial charge >= 0.3 is 6.18 Å². The lowest BCUT2D eigenvalue weighted by molar-refractivity contribution is -0.137. The summed E-state index contributed by atoms with van der Waals surface area (Å²) in [6, 6.07) is 5.04. The van der Waals surface area contributed by atoms with Crippen molar-refractivity contribution in [1.82, 2.24) is 0 Å². The molecule has 1 rings (SSSR count). The van der Waals surface area contributed by atoms with Gasteiger partial charge in [0.15, 0.2) is 0 Å². The van der Waals surface area contributed by atoms with Gasteiger partial charge in [0, 0.05) is 0 Å². The van der Waals surface area contributed by atoms with E-state index in [-0.39, 0.29) is 12.5 Å². The Morgan fingerprint density at radius 1 is 1.25 bits per heavy atom. The standard InChI is InChI=1S/C12H13F3O/c1-9(3-2-8-16)10-4-6-11(7-5-10)12(13,14)15/h2-7,9,16H,8H2,1H3/b3-2+. The number of benzene rings is 1. The van der Waals surface area contributed by atoms with Crippen LogP contribution in [0.5, 0.6) is 0 Å². The van der Waals surface area contributed by atoms with Gasteiger partial charge in [-0.1, -0.05) is 31.2 Å². The van der Waals surface area contributed by atoms with Gasteiger partial charge in [-0.2, -0.15) is 13.2 Å². The summed E-state index contributed by atoms with van der Waals surface area (Å²) < 4.78 is 36.8. The van der Waals surface area contributed by atoms with Gasteiger partial charge in [-0.25, -0.2) is 0 Å². The van der Waals surface area contributed by atoms with Gasteiger partial charge in [-0.05, 0) is 23.6 Å². The predicted octanol–water partition coefficient (Wildman–Crippen LogP) is 3.36. The van der Waals surface area contributed by atoms with Crippen molar-refractivity contribution >= 4 is 0 Å². The SMILES string of the molecule is CC(/C=C/CO)c1ccc(C(F)(F)F)cc1. The van der Waals surface area contributed by atoms with Gasteiger partial charge in [0.1, 0.15) is 0 Å². The molecule has 1 unspecified atom stereocenters. The summed E-state index contributed by atoms with van der Waals surface area (Å²) in [6.45, 7) is 1.79. The van der Waals surface area contributed by atoms with Crippen LogP contribution >= 0.6 is 0 Å². The van der Waals surface area contributed by atoms with Gasteiger partial charge in [-0.15, -0.1) is 0 Å². The summed E-state index contributed by atoms with van der Waals surface area (Å²) in [5, 5.41) is 8.58. The second-order valence-corrected chi connectivity index (χ2v) is 3.52. The third kappa shape index (κ3) is 3.38. The molecule has 0 saturated carbocycles. The molecule has 0 aromatic heterocycles. The molecule has 0 radical (unpaired) electrons. The topological polar surface area (TPSA) is 20.2 Å². The third-order valence-corrected chi connectivity index (χ3v) is 2.29. The van der Waals surface area contributed by atoms with Crippen molar-refractivity contribution in [3.63, 3.8) is 0 Å². The summed E-state index contributed by atoms with van der Waals surface area (Å²) in [5.74, 6) is -0.00515. The van der Waals surface area contributed by atoms with E-state index in [9.17, 15) is 13.2 Å². The molecule has 0 aliphatic carbocycles. The zero-order chi connectivity index (χ0) is 12.2. The van der Waals surface area contributed by atoms with E-state index in [1.165, 1.54) is 12.1 Å². The Kier molecular flexibility index (Phi) is 4.12. The van der Waals surface area contributed by atoms with Gasteiger partial charge in [0.2, 0.25) is 0 Å². The van der Waals surface area contributed by atoms with Crippen LogP contribution in [0.4, 0.5) is 13.2 Å². The molecule has 1 N–H and O–H groups in total. The molecule has 0 fully saturated rings. The van der Waals surface area contributed by atoms with Gasteiger partial charge in [0.25, 0.3) is 0 Å². The van der Waals surface area contributed by atoms with Crippen LogP contribution in [0.2, 0.25) is 0 Å². The largest absolute Gasteiger partial charge is 0.416 e. The van der Waals surface area contributed by atoms with E-state index in [1.54, 1.807) is 12.2 Å². The molecule has 88 valence electrons. The molecule has 0 amide bonds. The zero-order valence-corrected chi connectivity index (χ0v) is 8.83. The summed E-state index contributed by atoms with van der Waals surface area (Å²) in [4.78, 5) is 0. The number of aliphatic hydroxyl groups excluding tert-OH is 1. The molecule has 1 atom stereocenters. The maximum atomic E-state index is 12.3. The van der Waals surface area contributed by atoms with Crippen LogP contribution in [0.15, 0.2) is 36.4 Å². The minimum Gasteiger partial charge on any atom is -0.392 e. The highest BCUT2D eigenvalue weighted by atomic mass is 19.4. The van der Waals surface area contributed by atoms with Crippen molar-refractivity contribution in [2.24, 2.45) is 0 Å². The molecule has 1 aromatic carbocycles. The average Bonchev–Trinajstić information content (AvgIpc) is 2.25. The second kappa shape index (κ2) is 5.16. The molecule has 0 aliphatic heterocycles. The number of aliphatic hydroxyl groups is 1. The fraction of sp³-hybridized carbons (Fsp3) is 0.333. The quantitative estimate of drug-likeness (QED) is 0.789. The molecule has 0 heterocycles. The first-order valence-electron chi connectivity index (χ1n) is 4.90. The maximum absolute atomic E-state index is 12.3. The van der Waals surface area contributed by atoms with Gasteiger partial charge < -0.3 is 5.11 Å². The summed E-state index contributed by atoms with van der Waals surface area (Å²) in [5.41, 5.74) is 0.146. The first-order valence-corrected chi connectivity index (χ1v) is 4.90. The van der Waals surface area contributed by atoms with E-state index in [2.05, 4.69) is 0 Å². The van der Waals surface area contributed by atoms with E-state index in [0.29, 0.717) is 0 Å². The predicted molar refractivity (Wildman–Crippen MR) is 56.1 cm³/mol. The molecule has 0 saturated heterocycles. The number of hydrogen-bond acceptors (Lipinski definition) is 1. The smallest absolute Gasteiger partial charge is 0.392 e. The Balaban J connectivity index is 2.83. The van der Waals surface area contributed by atoms with E-state index in [4.69, 9.17) is 5.11 Å². The van der Waals surface area contributed by atoms with Crippen LogP contribution < -0.4 is 0 Å². The number of rotatable bonds is 3. The monoisotopic (exact) mass is 230 g/mol. The van der Waals surface area contributed by atoms with Crippen LogP contribution in [-0.2, 0) is 6.18 Å². The van der Waals surface area contributed by atoms with Crippen LogP contribution in [-0.4, -0.2) is 11.7 Å². The van der Waals surface area contributed by atoms with Crippen LogP contribution in [0.1, 0.15) is 24.0 Å². The van der Waals surface area contributed by atoms with Gasteiger partial charge in [0.05, 0.1) is 12.2 Å². The summed E-state index contributed by atoms with van der Waals surface area (Å²) in [6.07, 6.45) is -0.965. The third-order valence-electron chi connectivity index (χ3n) is 2.29. The average molecular weight is 230 g/mol.